The van der Waals surface area contributed by atoms with Crippen LogP contribution >= 0.6 is 15.9 Å². The molecule has 2 aromatic rings. The van der Waals surface area contributed by atoms with E-state index in [4.69, 9.17) is 0 Å². The molecule has 106 valence electrons. The van der Waals surface area contributed by atoms with Gasteiger partial charge in [-0.25, -0.2) is 13.2 Å². The highest BCUT2D eigenvalue weighted by Gasteiger charge is 2.15. The maximum atomic E-state index is 14.0. The van der Waals surface area contributed by atoms with Crippen molar-refractivity contribution in [3.8, 4) is 0 Å². The minimum absolute atomic E-state index is 0.0842. The standard InChI is InChI=1S/C15H13BrF3N/c1-20(9-10-2-4-12(17)5-3-10)15-13(18)6-11(8-16)7-14(15)19/h2-7H,8-9H2,1H3. The molecule has 0 aromatic heterocycles. The Kier molecular flexibility index (Phi) is 4.70. The van der Waals surface area contributed by atoms with Gasteiger partial charge in [0, 0.05) is 18.9 Å². The third-order valence-electron chi connectivity index (χ3n) is 2.95. The summed E-state index contributed by atoms with van der Waals surface area (Å²) in [6, 6.07) is 8.43. The van der Waals surface area contributed by atoms with Crippen molar-refractivity contribution in [1.29, 1.82) is 0 Å². The first-order valence-corrected chi connectivity index (χ1v) is 7.13. The first-order valence-electron chi connectivity index (χ1n) is 6.00. The fourth-order valence-corrected chi connectivity index (χ4v) is 2.33. The van der Waals surface area contributed by atoms with Crippen molar-refractivity contribution in [2.75, 3.05) is 11.9 Å². The van der Waals surface area contributed by atoms with Gasteiger partial charge in [0.15, 0.2) is 0 Å². The zero-order valence-corrected chi connectivity index (χ0v) is 12.4. The van der Waals surface area contributed by atoms with E-state index >= 15 is 0 Å². The summed E-state index contributed by atoms with van der Waals surface area (Å²) in [5, 5.41) is 0.392. The molecule has 0 heterocycles. The summed E-state index contributed by atoms with van der Waals surface area (Å²) in [4.78, 5) is 1.47. The van der Waals surface area contributed by atoms with Crippen molar-refractivity contribution in [2.45, 2.75) is 11.9 Å². The molecule has 0 amide bonds. The van der Waals surface area contributed by atoms with Crippen LogP contribution in [0.4, 0.5) is 18.9 Å². The fourth-order valence-electron chi connectivity index (χ4n) is 2.00. The molecule has 0 N–H and O–H groups in total. The second kappa shape index (κ2) is 6.31. The van der Waals surface area contributed by atoms with Gasteiger partial charge >= 0.3 is 0 Å². The number of hydrogen-bond donors (Lipinski definition) is 0. The quantitative estimate of drug-likeness (QED) is 0.731. The Balaban J connectivity index is 2.25. The van der Waals surface area contributed by atoms with Crippen LogP contribution in [0.15, 0.2) is 36.4 Å². The van der Waals surface area contributed by atoms with Crippen LogP contribution in [0, 0.1) is 17.5 Å². The SMILES string of the molecule is CN(Cc1ccc(F)cc1)c1c(F)cc(CBr)cc1F. The molecule has 0 atom stereocenters. The minimum Gasteiger partial charge on any atom is -0.366 e. The van der Waals surface area contributed by atoms with E-state index in [-0.39, 0.29) is 11.5 Å². The molecule has 0 aliphatic carbocycles. The maximum Gasteiger partial charge on any atom is 0.149 e. The van der Waals surface area contributed by atoms with Crippen molar-refractivity contribution in [1.82, 2.24) is 0 Å². The molecule has 2 aromatic carbocycles. The van der Waals surface area contributed by atoms with Gasteiger partial charge < -0.3 is 4.90 Å². The van der Waals surface area contributed by atoms with Gasteiger partial charge in [-0.2, -0.15) is 0 Å². The highest BCUT2D eigenvalue weighted by Crippen LogP contribution is 2.26. The van der Waals surface area contributed by atoms with E-state index in [1.807, 2.05) is 0 Å². The Hall–Kier alpha value is -1.49. The number of benzene rings is 2. The molecule has 1 nitrogen and oxygen atoms in total. The Morgan fingerprint density at radius 3 is 2.00 bits per heavy atom. The molecule has 0 spiro atoms. The maximum absolute atomic E-state index is 14.0. The summed E-state index contributed by atoms with van der Waals surface area (Å²) in [5.41, 5.74) is 1.23. The average molecular weight is 344 g/mol. The van der Waals surface area contributed by atoms with Crippen LogP contribution in [0.2, 0.25) is 0 Å². The zero-order chi connectivity index (χ0) is 14.7. The van der Waals surface area contributed by atoms with Crippen LogP contribution in [-0.2, 0) is 11.9 Å². The Labute approximate surface area is 124 Å². The Morgan fingerprint density at radius 2 is 1.50 bits per heavy atom. The van der Waals surface area contributed by atoms with Crippen LogP contribution < -0.4 is 4.90 Å². The smallest absolute Gasteiger partial charge is 0.149 e. The number of anilines is 1. The van der Waals surface area contributed by atoms with Gasteiger partial charge in [0.25, 0.3) is 0 Å². The third kappa shape index (κ3) is 3.33. The van der Waals surface area contributed by atoms with Gasteiger partial charge in [0.05, 0.1) is 0 Å². The van der Waals surface area contributed by atoms with E-state index in [1.165, 1.54) is 29.2 Å². The predicted molar refractivity (Wildman–Crippen MR) is 77.5 cm³/mol. The Bertz CT molecular complexity index is 576. The van der Waals surface area contributed by atoms with E-state index in [9.17, 15) is 13.2 Å². The molecule has 0 aliphatic rings. The topological polar surface area (TPSA) is 3.24 Å². The Morgan fingerprint density at radius 1 is 0.950 bits per heavy atom. The van der Waals surface area contributed by atoms with Crippen molar-refractivity contribution in [3.05, 3.63) is 65.0 Å². The highest BCUT2D eigenvalue weighted by molar-refractivity contribution is 9.08. The molecule has 0 saturated carbocycles. The van der Waals surface area contributed by atoms with E-state index < -0.39 is 11.6 Å². The summed E-state index contributed by atoms with van der Waals surface area (Å²) < 4.78 is 40.7. The molecule has 0 unspecified atom stereocenters. The molecule has 5 heteroatoms. The van der Waals surface area contributed by atoms with Crippen LogP contribution in [0.1, 0.15) is 11.1 Å². The van der Waals surface area contributed by atoms with Crippen molar-refractivity contribution in [2.24, 2.45) is 0 Å². The molecule has 2 rings (SSSR count). The fraction of sp³-hybridized carbons (Fsp3) is 0.200. The van der Waals surface area contributed by atoms with E-state index in [2.05, 4.69) is 15.9 Å². The van der Waals surface area contributed by atoms with Gasteiger partial charge in [-0.1, -0.05) is 28.1 Å². The molecule has 0 bridgehead atoms. The number of hydrogen-bond acceptors (Lipinski definition) is 1. The first kappa shape index (κ1) is 14.9. The number of alkyl halides is 1. The zero-order valence-electron chi connectivity index (χ0n) is 10.8. The van der Waals surface area contributed by atoms with Crippen LogP contribution in [-0.4, -0.2) is 7.05 Å². The minimum atomic E-state index is -0.607. The first-order chi connectivity index (χ1) is 9.51. The van der Waals surface area contributed by atoms with Crippen LogP contribution in [0.5, 0.6) is 0 Å². The summed E-state index contributed by atoms with van der Waals surface area (Å²) in [6.45, 7) is 0.293. The molecule has 0 saturated heterocycles. The van der Waals surface area contributed by atoms with E-state index in [0.717, 1.165) is 5.56 Å². The molecular formula is C15H13BrF3N. The number of rotatable bonds is 4. The average Bonchev–Trinajstić information content (AvgIpc) is 2.40. The van der Waals surface area contributed by atoms with E-state index in [1.54, 1.807) is 19.2 Å². The largest absolute Gasteiger partial charge is 0.366 e. The summed E-state index contributed by atoms with van der Waals surface area (Å²) >= 11 is 3.17. The van der Waals surface area contributed by atoms with Gasteiger partial charge in [-0.15, -0.1) is 0 Å². The lowest BCUT2D eigenvalue weighted by atomic mass is 10.1. The number of nitrogens with zero attached hydrogens (tertiary/aromatic N) is 1. The van der Waals surface area contributed by atoms with Crippen molar-refractivity contribution in [3.63, 3.8) is 0 Å². The van der Waals surface area contributed by atoms with Gasteiger partial charge in [0.1, 0.15) is 23.1 Å². The van der Waals surface area contributed by atoms with Crippen molar-refractivity contribution >= 4 is 21.6 Å². The lowest BCUT2D eigenvalue weighted by Crippen LogP contribution is -2.19. The lowest BCUT2D eigenvalue weighted by Gasteiger charge is -2.21. The molecular weight excluding hydrogens is 331 g/mol. The number of halogens is 4. The second-order valence-corrected chi connectivity index (χ2v) is 5.08. The van der Waals surface area contributed by atoms with Gasteiger partial charge in [0.2, 0.25) is 0 Å². The van der Waals surface area contributed by atoms with Crippen molar-refractivity contribution < 1.29 is 13.2 Å². The summed E-state index contributed by atoms with van der Waals surface area (Å²) in [5.74, 6) is -1.55. The third-order valence-corrected chi connectivity index (χ3v) is 3.59. The predicted octanol–water partition coefficient (Wildman–Crippen LogP) is 4.64. The second-order valence-electron chi connectivity index (χ2n) is 4.52. The van der Waals surface area contributed by atoms with Crippen LogP contribution in [0.25, 0.3) is 0 Å². The summed E-state index contributed by atoms with van der Waals surface area (Å²) in [7, 11) is 1.60. The van der Waals surface area contributed by atoms with Gasteiger partial charge in [-0.3, -0.25) is 0 Å². The molecule has 0 aliphatic heterocycles. The molecule has 0 fully saturated rings. The van der Waals surface area contributed by atoms with E-state index in [0.29, 0.717) is 17.4 Å². The monoisotopic (exact) mass is 343 g/mol. The lowest BCUT2D eigenvalue weighted by molar-refractivity contribution is 0.574. The summed E-state index contributed by atoms with van der Waals surface area (Å²) in [6.07, 6.45) is 0. The molecule has 0 radical (unpaired) electrons. The molecule has 20 heavy (non-hydrogen) atoms. The van der Waals surface area contributed by atoms with Crippen LogP contribution in [0.3, 0.4) is 0 Å². The highest BCUT2D eigenvalue weighted by atomic mass is 79.9. The normalized spacial score (nSPS) is 10.7. The van der Waals surface area contributed by atoms with Gasteiger partial charge in [-0.05, 0) is 35.4 Å².